The maximum Gasteiger partial charge on any atom is 0.240 e. The second-order valence-electron chi connectivity index (χ2n) is 5.58. The third-order valence-corrected chi connectivity index (χ3v) is 5.17. The number of hydrogen-bond donors (Lipinski definition) is 1. The Morgan fingerprint density at radius 1 is 1.08 bits per heavy atom. The summed E-state index contributed by atoms with van der Waals surface area (Å²) in [6.45, 7) is 8.58. The molecule has 1 aliphatic rings. The first kappa shape index (κ1) is 21.3. The van der Waals surface area contributed by atoms with Gasteiger partial charge in [0.1, 0.15) is 0 Å². The fraction of sp³-hybridized carbons (Fsp3) is 0.600. The second kappa shape index (κ2) is 10.3. The SMILES string of the molecule is CCc1ccc(CN2CCN(Cc3noc(CN)n3)CC2)s1.Cl.Cl. The van der Waals surface area contributed by atoms with Crippen molar-refractivity contribution in [2.45, 2.75) is 33.0 Å². The standard InChI is InChI=1S/C15H23N5OS.2ClH/c1-2-12-3-4-13(22-12)10-19-5-7-20(8-6-19)11-14-17-15(9-16)21-18-14;;/h3-4H,2,5-11,16H2,1H3;2*1H. The van der Waals surface area contributed by atoms with Gasteiger partial charge in [0.15, 0.2) is 5.82 Å². The summed E-state index contributed by atoms with van der Waals surface area (Å²) in [5, 5.41) is 3.96. The molecule has 9 heteroatoms. The van der Waals surface area contributed by atoms with E-state index in [2.05, 4.69) is 39.0 Å². The summed E-state index contributed by atoms with van der Waals surface area (Å²) in [6, 6.07) is 4.52. The summed E-state index contributed by atoms with van der Waals surface area (Å²) in [5.74, 6) is 1.25. The van der Waals surface area contributed by atoms with E-state index in [0.717, 1.165) is 51.5 Å². The molecule has 6 nitrogen and oxygen atoms in total. The molecule has 2 N–H and O–H groups in total. The van der Waals surface area contributed by atoms with Crippen molar-refractivity contribution in [3.63, 3.8) is 0 Å². The van der Waals surface area contributed by atoms with Crippen LogP contribution in [0, 0.1) is 0 Å². The van der Waals surface area contributed by atoms with Gasteiger partial charge in [-0.05, 0) is 18.6 Å². The normalized spacial score (nSPS) is 15.8. The first-order valence-corrected chi connectivity index (χ1v) is 8.62. The quantitative estimate of drug-likeness (QED) is 0.811. The van der Waals surface area contributed by atoms with Gasteiger partial charge in [-0.25, -0.2) is 0 Å². The second-order valence-corrected chi connectivity index (χ2v) is 6.84. The molecule has 0 aliphatic carbocycles. The van der Waals surface area contributed by atoms with Crippen LogP contribution in [0.5, 0.6) is 0 Å². The van der Waals surface area contributed by atoms with E-state index in [1.165, 1.54) is 9.75 Å². The van der Waals surface area contributed by atoms with Gasteiger partial charge in [-0.3, -0.25) is 9.80 Å². The Morgan fingerprint density at radius 2 is 1.71 bits per heavy atom. The van der Waals surface area contributed by atoms with Crippen LogP contribution >= 0.6 is 36.2 Å². The highest BCUT2D eigenvalue weighted by atomic mass is 35.5. The van der Waals surface area contributed by atoms with Gasteiger partial charge >= 0.3 is 0 Å². The van der Waals surface area contributed by atoms with Crippen molar-refractivity contribution >= 4 is 36.2 Å². The summed E-state index contributed by atoms with van der Waals surface area (Å²) >= 11 is 1.94. The predicted molar refractivity (Wildman–Crippen MR) is 101 cm³/mol. The molecular weight excluding hydrogens is 369 g/mol. The number of piperazine rings is 1. The molecule has 1 aliphatic heterocycles. The minimum Gasteiger partial charge on any atom is -0.338 e. The maximum absolute atomic E-state index is 5.48. The Morgan fingerprint density at radius 3 is 2.25 bits per heavy atom. The van der Waals surface area contributed by atoms with Gasteiger partial charge < -0.3 is 10.3 Å². The lowest BCUT2D eigenvalue weighted by atomic mass is 10.3. The number of halogens is 2. The van der Waals surface area contributed by atoms with E-state index in [1.54, 1.807) is 0 Å². The number of aryl methyl sites for hydroxylation is 1. The van der Waals surface area contributed by atoms with E-state index >= 15 is 0 Å². The molecule has 0 aromatic carbocycles. The largest absolute Gasteiger partial charge is 0.338 e. The molecule has 2 aromatic rings. The molecule has 136 valence electrons. The molecule has 1 fully saturated rings. The van der Waals surface area contributed by atoms with E-state index in [0.29, 0.717) is 12.4 Å². The lowest BCUT2D eigenvalue weighted by molar-refractivity contribution is 0.120. The van der Waals surface area contributed by atoms with Crippen LogP contribution in [-0.2, 0) is 26.1 Å². The zero-order valence-electron chi connectivity index (χ0n) is 13.8. The summed E-state index contributed by atoms with van der Waals surface area (Å²) in [4.78, 5) is 12.1. The van der Waals surface area contributed by atoms with Crippen molar-refractivity contribution in [3.8, 4) is 0 Å². The molecule has 2 aromatic heterocycles. The number of nitrogens with two attached hydrogens (primary N) is 1. The van der Waals surface area contributed by atoms with Crippen LogP contribution in [-0.4, -0.2) is 46.1 Å². The predicted octanol–water partition coefficient (Wildman–Crippen LogP) is 2.31. The fourth-order valence-corrected chi connectivity index (χ4v) is 3.66. The van der Waals surface area contributed by atoms with Crippen LogP contribution in [0.15, 0.2) is 16.7 Å². The highest BCUT2D eigenvalue weighted by Crippen LogP contribution is 2.19. The third kappa shape index (κ3) is 5.68. The van der Waals surface area contributed by atoms with Crippen LogP contribution in [0.25, 0.3) is 0 Å². The van der Waals surface area contributed by atoms with Crippen LogP contribution in [0.1, 0.15) is 28.4 Å². The number of hydrogen-bond acceptors (Lipinski definition) is 7. The van der Waals surface area contributed by atoms with E-state index in [9.17, 15) is 0 Å². The Labute approximate surface area is 159 Å². The van der Waals surface area contributed by atoms with Crippen LogP contribution in [0.4, 0.5) is 0 Å². The van der Waals surface area contributed by atoms with Gasteiger partial charge in [0, 0.05) is 42.5 Å². The van der Waals surface area contributed by atoms with Crippen molar-refractivity contribution in [1.29, 1.82) is 0 Å². The lowest BCUT2D eigenvalue weighted by Gasteiger charge is -2.33. The minimum atomic E-state index is 0. The summed E-state index contributed by atoms with van der Waals surface area (Å²) in [7, 11) is 0. The van der Waals surface area contributed by atoms with Crippen LogP contribution < -0.4 is 5.73 Å². The first-order valence-electron chi connectivity index (χ1n) is 7.80. The van der Waals surface area contributed by atoms with E-state index < -0.39 is 0 Å². The smallest absolute Gasteiger partial charge is 0.240 e. The molecule has 0 atom stereocenters. The highest BCUT2D eigenvalue weighted by molar-refractivity contribution is 7.11. The summed E-state index contributed by atoms with van der Waals surface area (Å²) in [5.41, 5.74) is 5.48. The number of rotatable bonds is 6. The van der Waals surface area contributed by atoms with Gasteiger partial charge in [0.2, 0.25) is 5.89 Å². The van der Waals surface area contributed by atoms with Crippen LogP contribution in [0.3, 0.4) is 0 Å². The molecule has 0 radical (unpaired) electrons. The highest BCUT2D eigenvalue weighted by Gasteiger charge is 2.19. The van der Waals surface area contributed by atoms with Gasteiger partial charge in [-0.1, -0.05) is 12.1 Å². The topological polar surface area (TPSA) is 71.4 Å². The molecule has 0 bridgehead atoms. The van der Waals surface area contributed by atoms with Gasteiger partial charge in [-0.2, -0.15) is 4.98 Å². The molecule has 0 amide bonds. The third-order valence-electron chi connectivity index (χ3n) is 3.96. The maximum atomic E-state index is 5.48. The average molecular weight is 394 g/mol. The lowest BCUT2D eigenvalue weighted by Crippen LogP contribution is -2.45. The van der Waals surface area contributed by atoms with Crippen molar-refractivity contribution in [3.05, 3.63) is 33.6 Å². The van der Waals surface area contributed by atoms with E-state index in [-0.39, 0.29) is 24.8 Å². The van der Waals surface area contributed by atoms with E-state index in [4.69, 9.17) is 10.3 Å². The number of aromatic nitrogens is 2. The first-order chi connectivity index (χ1) is 10.8. The molecule has 0 unspecified atom stereocenters. The molecule has 3 heterocycles. The number of nitrogens with zero attached hydrogens (tertiary/aromatic N) is 4. The van der Waals surface area contributed by atoms with Crippen molar-refractivity contribution < 1.29 is 4.52 Å². The Hall–Kier alpha value is -0.700. The van der Waals surface area contributed by atoms with Gasteiger partial charge in [0.05, 0.1) is 13.1 Å². The van der Waals surface area contributed by atoms with Crippen molar-refractivity contribution in [2.75, 3.05) is 26.2 Å². The number of thiophene rings is 1. The molecular formula is C15H25Cl2N5OS. The monoisotopic (exact) mass is 393 g/mol. The molecule has 0 saturated carbocycles. The van der Waals surface area contributed by atoms with Crippen molar-refractivity contribution in [2.24, 2.45) is 5.73 Å². The molecule has 24 heavy (non-hydrogen) atoms. The molecule has 1 saturated heterocycles. The van der Waals surface area contributed by atoms with Gasteiger partial charge in [0.25, 0.3) is 0 Å². The zero-order chi connectivity index (χ0) is 15.4. The fourth-order valence-electron chi connectivity index (χ4n) is 2.66. The van der Waals surface area contributed by atoms with Gasteiger partial charge in [-0.15, -0.1) is 36.2 Å². The Kier molecular flexibility index (Phi) is 9.18. The molecule has 3 rings (SSSR count). The molecule has 0 spiro atoms. The average Bonchev–Trinajstić information content (AvgIpc) is 3.18. The van der Waals surface area contributed by atoms with Crippen LogP contribution in [0.2, 0.25) is 0 Å². The minimum absolute atomic E-state index is 0. The van der Waals surface area contributed by atoms with E-state index in [1.807, 2.05) is 11.3 Å². The summed E-state index contributed by atoms with van der Waals surface area (Å²) in [6.07, 6.45) is 1.13. The Bertz CT molecular complexity index is 546. The van der Waals surface area contributed by atoms with Crippen molar-refractivity contribution in [1.82, 2.24) is 19.9 Å². The summed E-state index contributed by atoms with van der Waals surface area (Å²) < 4.78 is 5.05. The Balaban J connectivity index is 0.00000144. The zero-order valence-corrected chi connectivity index (χ0v) is 16.3.